The van der Waals surface area contributed by atoms with Crippen molar-refractivity contribution in [1.82, 2.24) is 4.90 Å². The molecule has 2 atom stereocenters. The van der Waals surface area contributed by atoms with E-state index in [0.717, 1.165) is 24.3 Å². The molecule has 2 fully saturated rings. The lowest BCUT2D eigenvalue weighted by molar-refractivity contribution is -0.142. The number of rotatable bonds is 7. The number of carbonyl (C=O) groups is 3. The van der Waals surface area contributed by atoms with Crippen LogP contribution in [0.4, 0.5) is 42.1 Å². The standard InChI is InChI=1S/C32H24F7N3O5S/c1-47-24-7-2-14(19-11-20(19)30(46)42-12-17(43)13-42)8-21(24)28(44)41-26-18-5-3-15(31(34,35)36)9-25(18)48-27(26)29(45)40-16-4-6-23(33)22(10-16)32(37,38)39/h2-10,17,19-20,43H,11-13H2,1H3,(H,40,45)(H,41,44). The van der Waals surface area contributed by atoms with Crippen LogP contribution in [-0.2, 0) is 17.1 Å². The first kappa shape index (κ1) is 33.2. The second kappa shape index (κ2) is 12.1. The van der Waals surface area contributed by atoms with Crippen molar-refractivity contribution in [2.45, 2.75) is 30.8 Å². The number of methoxy groups -OCH3 is 1. The Bertz CT molecular complexity index is 1950. The summed E-state index contributed by atoms with van der Waals surface area (Å²) in [5.41, 5.74) is -2.72. The van der Waals surface area contributed by atoms with Crippen molar-refractivity contribution in [3.63, 3.8) is 0 Å². The molecular formula is C32H24F7N3O5S. The second-order valence-corrected chi connectivity index (χ2v) is 12.5. The number of aliphatic hydroxyl groups is 1. The maximum atomic E-state index is 13.8. The lowest BCUT2D eigenvalue weighted by Gasteiger charge is -2.36. The van der Waals surface area contributed by atoms with Gasteiger partial charge in [-0.25, -0.2) is 4.39 Å². The highest BCUT2D eigenvalue weighted by molar-refractivity contribution is 7.21. The zero-order chi connectivity index (χ0) is 34.7. The van der Waals surface area contributed by atoms with E-state index in [-0.39, 0.29) is 62.8 Å². The van der Waals surface area contributed by atoms with Gasteiger partial charge >= 0.3 is 12.4 Å². The Balaban J connectivity index is 1.33. The van der Waals surface area contributed by atoms with Gasteiger partial charge in [0.25, 0.3) is 11.8 Å². The SMILES string of the molecule is COc1ccc(C2CC2C(=O)N2CC(O)C2)cc1C(=O)Nc1c(C(=O)Nc2ccc(F)c(C(F)(F)F)c2)sc2cc(C(F)(F)F)ccc12. The van der Waals surface area contributed by atoms with Gasteiger partial charge in [-0.1, -0.05) is 12.1 Å². The minimum Gasteiger partial charge on any atom is -0.496 e. The van der Waals surface area contributed by atoms with Crippen molar-refractivity contribution in [1.29, 1.82) is 0 Å². The number of likely N-dealkylation sites (tertiary alicyclic amines) is 1. The van der Waals surface area contributed by atoms with Crippen molar-refractivity contribution in [3.05, 3.63) is 87.5 Å². The fourth-order valence-electron chi connectivity index (χ4n) is 5.59. The third kappa shape index (κ3) is 6.41. The molecule has 1 aromatic heterocycles. The molecule has 0 spiro atoms. The zero-order valence-corrected chi connectivity index (χ0v) is 25.4. The van der Waals surface area contributed by atoms with E-state index in [1.807, 2.05) is 0 Å². The van der Waals surface area contributed by atoms with Crippen LogP contribution in [0.15, 0.2) is 54.6 Å². The van der Waals surface area contributed by atoms with Gasteiger partial charge in [-0.2, -0.15) is 26.3 Å². The van der Waals surface area contributed by atoms with Gasteiger partial charge in [-0.05, 0) is 60.4 Å². The smallest absolute Gasteiger partial charge is 0.419 e. The van der Waals surface area contributed by atoms with Crippen molar-refractivity contribution in [2.75, 3.05) is 30.8 Å². The van der Waals surface area contributed by atoms with Gasteiger partial charge in [0.05, 0.1) is 35.6 Å². The van der Waals surface area contributed by atoms with Crippen LogP contribution in [0.1, 0.15) is 49.1 Å². The molecule has 48 heavy (non-hydrogen) atoms. The molecule has 1 aliphatic carbocycles. The third-order valence-corrected chi connectivity index (χ3v) is 9.32. The fourth-order valence-corrected chi connectivity index (χ4v) is 6.68. The summed E-state index contributed by atoms with van der Waals surface area (Å²) in [4.78, 5) is 41.1. The van der Waals surface area contributed by atoms with Gasteiger partial charge in [-0.3, -0.25) is 14.4 Å². The van der Waals surface area contributed by atoms with Crippen LogP contribution in [0.5, 0.6) is 5.75 Å². The van der Waals surface area contributed by atoms with Crippen molar-refractivity contribution >= 4 is 50.5 Å². The number of alkyl halides is 6. The number of ether oxygens (including phenoxy) is 1. The summed E-state index contributed by atoms with van der Waals surface area (Å²) in [5, 5.41) is 14.3. The maximum absolute atomic E-state index is 13.8. The molecule has 0 bridgehead atoms. The molecule has 2 unspecified atom stereocenters. The summed E-state index contributed by atoms with van der Waals surface area (Å²) in [6, 6.07) is 9.05. The fraction of sp³-hybridized carbons (Fsp3) is 0.281. The zero-order valence-electron chi connectivity index (χ0n) is 24.6. The Kier molecular flexibility index (Phi) is 8.35. The number of hydrogen-bond acceptors (Lipinski definition) is 6. The molecule has 3 N–H and O–H groups in total. The van der Waals surface area contributed by atoms with E-state index < -0.39 is 52.9 Å². The number of nitrogens with one attached hydrogen (secondary N) is 2. The van der Waals surface area contributed by atoms with Crippen molar-refractivity contribution < 1.29 is 55.0 Å². The van der Waals surface area contributed by atoms with Crippen LogP contribution in [0, 0.1) is 11.7 Å². The molecule has 8 nitrogen and oxygen atoms in total. The van der Waals surface area contributed by atoms with Crippen molar-refractivity contribution in [3.8, 4) is 5.75 Å². The molecule has 2 heterocycles. The highest BCUT2D eigenvalue weighted by Gasteiger charge is 2.48. The van der Waals surface area contributed by atoms with Crippen LogP contribution in [0.25, 0.3) is 10.1 Å². The first-order valence-corrected chi connectivity index (χ1v) is 15.1. The molecule has 252 valence electrons. The molecule has 2 aliphatic rings. The Labute approximate surface area is 271 Å². The molecule has 3 amide bonds. The first-order chi connectivity index (χ1) is 22.5. The number of amides is 3. The number of hydrogen-bond donors (Lipinski definition) is 3. The Morgan fingerprint density at radius 3 is 2.29 bits per heavy atom. The molecule has 4 aromatic rings. The van der Waals surface area contributed by atoms with E-state index in [2.05, 4.69) is 10.6 Å². The number of fused-ring (bicyclic) bond motifs is 1. The number of thiophene rings is 1. The van der Waals surface area contributed by atoms with Crippen LogP contribution >= 0.6 is 11.3 Å². The molecule has 1 saturated carbocycles. The van der Waals surface area contributed by atoms with E-state index in [0.29, 0.717) is 35.5 Å². The van der Waals surface area contributed by atoms with Gasteiger partial charge in [0.1, 0.15) is 16.4 Å². The molecule has 16 heteroatoms. The highest BCUT2D eigenvalue weighted by Crippen LogP contribution is 2.50. The van der Waals surface area contributed by atoms with Gasteiger partial charge in [0.15, 0.2) is 0 Å². The number of β-amino-alcohol motifs (C(OH)–C–C–N with tert-alkyl or cyclic N) is 1. The number of carbonyl (C=O) groups excluding carboxylic acids is 3. The number of aliphatic hydroxyl groups excluding tert-OH is 1. The predicted octanol–water partition coefficient (Wildman–Crippen LogP) is 6.90. The lowest BCUT2D eigenvalue weighted by atomic mass is 10.0. The van der Waals surface area contributed by atoms with Crippen molar-refractivity contribution in [2.24, 2.45) is 5.92 Å². The molecule has 3 aromatic carbocycles. The quantitative estimate of drug-likeness (QED) is 0.183. The van der Waals surface area contributed by atoms with E-state index in [9.17, 15) is 50.2 Å². The monoisotopic (exact) mass is 695 g/mol. The summed E-state index contributed by atoms with van der Waals surface area (Å²) in [7, 11) is 1.31. The predicted molar refractivity (Wildman–Crippen MR) is 161 cm³/mol. The minimum absolute atomic E-state index is 0.0153. The molecular weight excluding hydrogens is 671 g/mol. The Hall–Kier alpha value is -4.70. The number of anilines is 2. The van der Waals surface area contributed by atoms with E-state index in [4.69, 9.17) is 4.74 Å². The lowest BCUT2D eigenvalue weighted by Crippen LogP contribution is -2.54. The number of nitrogens with zero attached hydrogens (tertiary/aromatic N) is 1. The molecule has 1 aliphatic heterocycles. The van der Waals surface area contributed by atoms with E-state index >= 15 is 0 Å². The number of halogens is 7. The summed E-state index contributed by atoms with van der Waals surface area (Å²) in [5.74, 6) is -4.03. The second-order valence-electron chi connectivity index (χ2n) is 11.4. The summed E-state index contributed by atoms with van der Waals surface area (Å²) < 4.78 is 99.5. The van der Waals surface area contributed by atoms with E-state index in [1.165, 1.54) is 19.2 Å². The first-order valence-electron chi connectivity index (χ1n) is 14.3. The van der Waals surface area contributed by atoms with Crippen LogP contribution < -0.4 is 15.4 Å². The topological polar surface area (TPSA) is 108 Å². The Morgan fingerprint density at radius 1 is 0.917 bits per heavy atom. The van der Waals surface area contributed by atoms with E-state index in [1.54, 1.807) is 11.0 Å². The summed E-state index contributed by atoms with van der Waals surface area (Å²) >= 11 is 0.559. The van der Waals surface area contributed by atoms with Crippen LogP contribution in [0.3, 0.4) is 0 Å². The average Bonchev–Trinajstić information content (AvgIpc) is 3.73. The molecule has 0 radical (unpaired) electrons. The maximum Gasteiger partial charge on any atom is 0.419 e. The molecule has 1 saturated heterocycles. The van der Waals surface area contributed by atoms with Crippen LogP contribution in [0.2, 0.25) is 0 Å². The van der Waals surface area contributed by atoms with Gasteiger partial charge < -0.3 is 25.4 Å². The van der Waals surface area contributed by atoms with Gasteiger partial charge in [0.2, 0.25) is 5.91 Å². The molecule has 6 rings (SSSR count). The minimum atomic E-state index is -5.08. The normalized spacial score (nSPS) is 18.0. The van der Waals surface area contributed by atoms with Gasteiger partial charge in [0, 0.05) is 34.8 Å². The third-order valence-electron chi connectivity index (χ3n) is 8.17. The largest absolute Gasteiger partial charge is 0.496 e. The summed E-state index contributed by atoms with van der Waals surface area (Å²) in [6.07, 6.45) is -9.86. The highest BCUT2D eigenvalue weighted by atomic mass is 32.1. The van der Waals surface area contributed by atoms with Gasteiger partial charge in [-0.15, -0.1) is 11.3 Å². The number of benzene rings is 3. The Morgan fingerprint density at radius 2 is 1.65 bits per heavy atom. The van der Waals surface area contributed by atoms with Crippen LogP contribution in [-0.4, -0.2) is 54.0 Å². The average molecular weight is 696 g/mol. The summed E-state index contributed by atoms with van der Waals surface area (Å²) in [6.45, 7) is 0.496.